The zero-order valence-corrected chi connectivity index (χ0v) is 58.8. The zero-order chi connectivity index (χ0) is 78.9. The van der Waals surface area contributed by atoms with Crippen molar-refractivity contribution in [1.29, 1.82) is 0 Å². The monoisotopic (exact) mass is 1510 g/mol. The number of hydrogen-bond donors (Lipinski definition) is 10. The summed E-state index contributed by atoms with van der Waals surface area (Å²) in [5.41, 5.74) is 36.5. The average Bonchev–Trinajstić information content (AvgIpc) is 0.819. The number of ether oxygens (including phenoxy) is 1. The van der Waals surface area contributed by atoms with Crippen LogP contribution in [0.25, 0.3) is 33.4 Å². The van der Waals surface area contributed by atoms with Gasteiger partial charge in [-0.3, -0.25) is 30.3 Å². The van der Waals surface area contributed by atoms with Gasteiger partial charge >= 0.3 is 0 Å². The van der Waals surface area contributed by atoms with Crippen molar-refractivity contribution in [3.63, 3.8) is 0 Å². The van der Waals surface area contributed by atoms with Gasteiger partial charge in [0.05, 0.1) is 50.1 Å². The average molecular weight is 1510 g/mol. The highest BCUT2D eigenvalue weighted by molar-refractivity contribution is 7.87. The van der Waals surface area contributed by atoms with Gasteiger partial charge in [-0.2, -0.15) is 0 Å². The van der Waals surface area contributed by atoms with Crippen LogP contribution in [0.3, 0.4) is 0 Å². The summed E-state index contributed by atoms with van der Waals surface area (Å²) < 4.78 is 109. The first-order valence-electron chi connectivity index (χ1n) is 31.2. The Balaban J connectivity index is 0.000000226. The van der Waals surface area contributed by atoms with Crippen molar-refractivity contribution >= 4 is 102 Å². The van der Waals surface area contributed by atoms with Crippen LogP contribution in [0.2, 0.25) is 0 Å². The smallest absolute Gasteiger partial charge is 0.218 e. The number of aliphatic carboxylic acids is 3. The lowest BCUT2D eigenvalue weighted by Crippen LogP contribution is -2.55. The Labute approximate surface area is 619 Å². The number of carboxylic acid groups (broad SMARTS) is 3. The van der Waals surface area contributed by atoms with Gasteiger partial charge in [0.1, 0.15) is 54.4 Å². The third-order valence-electron chi connectivity index (χ3n) is 15.4. The van der Waals surface area contributed by atoms with Gasteiger partial charge in [-0.1, -0.05) is 59.4 Å². The Hall–Kier alpha value is -13.5. The lowest BCUT2D eigenvalue weighted by atomic mass is 9.89. The molecule has 0 fully saturated rings. The fraction of sp³-hybridized carbons (Fsp3) is 0.132. The van der Waals surface area contributed by atoms with E-state index in [9.17, 15) is 83.0 Å². The molecule has 6 aromatic carbocycles. The number of carboxylic acids is 3. The molecule has 1 aliphatic carbocycles. The molecule has 0 unspecified atom stereocenters. The molecule has 32 heteroatoms. The van der Waals surface area contributed by atoms with Gasteiger partial charge in [0.15, 0.2) is 6.10 Å². The summed E-state index contributed by atoms with van der Waals surface area (Å²) in [7, 11) is -14.8. The molecule has 6 aromatic rings. The van der Waals surface area contributed by atoms with Crippen molar-refractivity contribution in [3.05, 3.63) is 178 Å². The van der Waals surface area contributed by atoms with Crippen LogP contribution in [0, 0.1) is 113 Å². The molecule has 29 nitrogen and oxygen atoms in total. The quantitative estimate of drug-likeness (QED) is 0.0236. The van der Waals surface area contributed by atoms with Crippen LogP contribution in [0.4, 0.5) is 34.1 Å². The molecule has 0 radical (unpaired) electrons. The molecule has 3 aliphatic rings. The number of amides is 3. The van der Waals surface area contributed by atoms with Crippen molar-refractivity contribution in [2.24, 2.45) is 5.92 Å². The van der Waals surface area contributed by atoms with Crippen molar-refractivity contribution in [1.82, 2.24) is 21.3 Å². The summed E-state index contributed by atoms with van der Waals surface area (Å²) in [6.07, 6.45) is 1.99. The molecule has 546 valence electrons. The minimum Gasteiger partial charge on any atom is -0.748 e. The maximum atomic E-state index is 11.6. The van der Waals surface area contributed by atoms with Crippen LogP contribution >= 0.6 is 0 Å². The van der Waals surface area contributed by atoms with Crippen molar-refractivity contribution in [3.8, 4) is 140 Å². The standard InChI is InChI=1S/C26H21N3O6S.C25H20N4O6S.C25H19N3O7S/c27-21-7-9-23(20-11-18(12-22(28)15-20)3-1-2-10-29-16-30)19(14-21)6-4-17-5-8-24(26(31)32)25(13-17)36(33,34)35;26-20-6-7-22(19-9-16(10-21(27)13-19)3-1-2-8-28-15-30)18(12-20)5-4-17-11-23(36(33,34)35)24(25(31)32)29-14-17;26-20-6-7-22(19-9-16(10-21(27)13-19)3-1-2-8-28-15-29)18(12-20)5-4-17-11-23(36(32,33)34)24(25(30)31)35-14-17/h5,7,9,11-12,14-16,24-25H,8,13,27-28H2,(H,29,30)(H,31,32)(H,33,34,35);6-7,9-10,12-15,23-24,29H,11,26-27H2,(H,28,30)(H,31,32)(H,33,34,35);6-7,9-10,12-15,23-24H,11,26-27H2,(H,28,29)(H,30,31)(H,32,33,34)/t24-,25+;2*23-,24+/m011/s1. The van der Waals surface area contributed by atoms with Crippen LogP contribution in [-0.4, -0.2) is 104 Å². The lowest BCUT2D eigenvalue weighted by molar-refractivity contribution is -0.315. The predicted molar refractivity (Wildman–Crippen MR) is 377 cm³/mol. The van der Waals surface area contributed by atoms with Gasteiger partial charge in [-0.25, -0.2) is 25.3 Å². The van der Waals surface area contributed by atoms with Gasteiger partial charge in [-0.15, -0.1) is 0 Å². The SMILES string of the molecule is [NH3+]c1cc(C#CC#CNC=O)cc(-c2ccc([NH3+])cc2C#CC2=CC[C@H](C(=O)[O-])[C@H](S(=O)(=O)[O-])C2)c1.[NH3+]c1cc(C#CC#CNC=O)cc(-c2ccc([NH3+])cc2C#CC2=CN[C@H](C(=O)[O-])[C@H](S(=O)(=O)[O-])C2)c1.[NH3+]c1cc(C#CC#CNC=O)cc(-c2ccc([NH3+])cc2C#CC2=CO[C@H](C(=O)[O-])[C@H](S(=O)(=O)[O-])C2)c1. The molecule has 0 saturated heterocycles. The van der Waals surface area contributed by atoms with Crippen molar-refractivity contribution in [2.45, 2.75) is 53.6 Å². The summed E-state index contributed by atoms with van der Waals surface area (Å²) in [6.45, 7) is 0. The summed E-state index contributed by atoms with van der Waals surface area (Å²) in [4.78, 5) is 64.4. The Bertz CT molecular complexity index is 5190. The van der Waals surface area contributed by atoms with E-state index >= 15 is 0 Å². The topological polar surface area (TPSA) is 566 Å². The number of hydrogen-bond acceptors (Lipinski definition) is 20. The second-order valence-corrected chi connectivity index (χ2v) is 28.0. The molecule has 0 spiro atoms. The Morgan fingerprint density at radius 3 is 1.16 bits per heavy atom. The number of carbonyl (C=O) groups excluding carboxylic acids is 6. The van der Waals surface area contributed by atoms with E-state index < -0.39 is 88.5 Å². The van der Waals surface area contributed by atoms with E-state index in [0.29, 0.717) is 97.9 Å². The third-order valence-corrected chi connectivity index (χ3v) is 18.9. The second-order valence-electron chi connectivity index (χ2n) is 23.2. The van der Waals surface area contributed by atoms with E-state index in [1.165, 1.54) is 12.3 Å². The fourth-order valence-electron chi connectivity index (χ4n) is 10.6. The summed E-state index contributed by atoms with van der Waals surface area (Å²) in [5.74, 6) is 34.9. The number of allylic oxidation sites excluding steroid dienone is 4. The number of quaternary nitrogens is 6. The highest BCUT2D eigenvalue weighted by Crippen LogP contribution is 2.33. The van der Waals surface area contributed by atoms with Crippen molar-refractivity contribution in [2.75, 3.05) is 0 Å². The molecule has 9 rings (SSSR count). The Morgan fingerprint density at radius 2 is 0.796 bits per heavy atom. The van der Waals surface area contributed by atoms with Crippen LogP contribution < -0.4 is 71.0 Å². The normalized spacial score (nSPS) is 16.4. The zero-order valence-electron chi connectivity index (χ0n) is 56.4. The largest absolute Gasteiger partial charge is 0.748 e. The van der Waals surface area contributed by atoms with Crippen molar-refractivity contribution < 1.29 is 122 Å². The minimum absolute atomic E-state index is 0.136. The molecule has 2 heterocycles. The molecule has 3 amide bonds. The Kier molecular flexibility index (Phi) is 28.6. The molecule has 0 bridgehead atoms. The summed E-state index contributed by atoms with van der Waals surface area (Å²) in [5, 5.41) is 37.4. The molecule has 0 aromatic heterocycles. The maximum Gasteiger partial charge on any atom is 0.218 e. The highest BCUT2D eigenvalue weighted by Gasteiger charge is 2.35. The van der Waals surface area contributed by atoms with Gasteiger partial charge < -0.3 is 87.8 Å². The fourth-order valence-corrected chi connectivity index (χ4v) is 13.4. The van der Waals surface area contributed by atoms with Crippen LogP contribution in [-0.2, 0) is 63.9 Å². The first-order valence-corrected chi connectivity index (χ1v) is 35.6. The number of rotatable bonds is 12. The van der Waals surface area contributed by atoms with E-state index in [0.717, 1.165) is 34.1 Å². The van der Waals surface area contributed by atoms with E-state index in [2.05, 4.69) is 163 Å². The molecule has 2 aliphatic heterocycles. The molecule has 6 atom stereocenters. The van der Waals surface area contributed by atoms with Crippen LogP contribution in [0.1, 0.15) is 59.1 Å². The van der Waals surface area contributed by atoms with E-state index in [1.54, 1.807) is 60.7 Å². The van der Waals surface area contributed by atoms with Gasteiger partial charge in [0.25, 0.3) is 0 Å². The minimum atomic E-state index is -4.98. The van der Waals surface area contributed by atoms with Gasteiger partial charge in [0, 0.05) is 160 Å². The van der Waals surface area contributed by atoms with E-state index in [4.69, 9.17) is 4.74 Å². The first kappa shape index (κ1) is 81.8. The molecular formula is C76H60N10O19S3. The molecule has 0 saturated carbocycles. The molecular weight excluding hydrogens is 1450 g/mol. The Morgan fingerprint density at radius 1 is 0.426 bits per heavy atom. The van der Waals surface area contributed by atoms with Gasteiger partial charge in [-0.05, 0) is 131 Å². The van der Waals surface area contributed by atoms with E-state index in [-0.39, 0.29) is 30.4 Å². The predicted octanol–water partition coefficient (Wildman–Crippen LogP) is -6.22. The number of benzene rings is 6. The van der Waals surface area contributed by atoms with E-state index in [1.807, 2.05) is 48.5 Å². The van der Waals surface area contributed by atoms with Crippen LogP contribution in [0.5, 0.6) is 0 Å². The summed E-state index contributed by atoms with van der Waals surface area (Å²) >= 11 is 0. The summed E-state index contributed by atoms with van der Waals surface area (Å²) in [6, 6.07) is 37.7. The number of carbonyl (C=O) groups is 6. The maximum absolute atomic E-state index is 11.6. The molecule has 22 N–H and O–H groups in total. The molecule has 108 heavy (non-hydrogen) atoms. The van der Waals surface area contributed by atoms with Crippen LogP contribution in [0.15, 0.2) is 144 Å². The highest BCUT2D eigenvalue weighted by atomic mass is 32.2. The lowest BCUT2D eigenvalue weighted by Gasteiger charge is -2.33. The third kappa shape index (κ3) is 24.3. The second kappa shape index (κ2) is 37.8. The first-order chi connectivity index (χ1) is 51.2. The van der Waals surface area contributed by atoms with Gasteiger partial charge in [0.2, 0.25) is 19.2 Å². The number of nitrogens with one attached hydrogen (secondary N) is 4.